The summed E-state index contributed by atoms with van der Waals surface area (Å²) in [6, 6.07) is 7.64. The van der Waals surface area contributed by atoms with Crippen LogP contribution in [0.25, 0.3) is 0 Å². The minimum absolute atomic E-state index is 0.155. The van der Waals surface area contributed by atoms with Gasteiger partial charge in [-0.15, -0.1) is 0 Å². The average Bonchev–Trinajstić information content (AvgIpc) is 2.41. The quantitative estimate of drug-likeness (QED) is 0.604. The van der Waals surface area contributed by atoms with Gasteiger partial charge in [-0.3, -0.25) is 9.59 Å². The first-order valence-corrected chi connectivity index (χ1v) is 5.70. The van der Waals surface area contributed by atoms with Crippen LogP contribution in [0, 0.1) is 0 Å². The molecule has 0 aliphatic carbocycles. The van der Waals surface area contributed by atoms with Crippen molar-refractivity contribution in [1.82, 2.24) is 0 Å². The number of benzene rings is 1. The third-order valence-corrected chi connectivity index (χ3v) is 2.85. The Hall–Kier alpha value is -2.10. The molecule has 0 radical (unpaired) electrons. The number of fused-ring (bicyclic) bond motifs is 1. The summed E-state index contributed by atoms with van der Waals surface area (Å²) in [7, 11) is 1.33. The van der Waals surface area contributed by atoms with Crippen LogP contribution < -0.4 is 0 Å². The standard InChI is InChI=1S/C14H14O4/c1-17-13(15)8-4-7-12-11-6-3-2-5-10(11)9-18-14(12)16/h2-7,12H,8-9H2,1H3/b7-4+. The van der Waals surface area contributed by atoms with Gasteiger partial charge in [0.05, 0.1) is 13.5 Å². The van der Waals surface area contributed by atoms with E-state index in [-0.39, 0.29) is 18.4 Å². The number of methoxy groups -OCH3 is 1. The van der Waals surface area contributed by atoms with Crippen molar-refractivity contribution in [3.05, 3.63) is 47.5 Å². The zero-order valence-electron chi connectivity index (χ0n) is 10.1. The summed E-state index contributed by atoms with van der Waals surface area (Å²) >= 11 is 0. The van der Waals surface area contributed by atoms with Gasteiger partial charge in [0.1, 0.15) is 12.5 Å². The second kappa shape index (κ2) is 5.49. The second-order valence-corrected chi connectivity index (χ2v) is 3.99. The van der Waals surface area contributed by atoms with Gasteiger partial charge < -0.3 is 9.47 Å². The highest BCUT2D eigenvalue weighted by Crippen LogP contribution is 2.28. The van der Waals surface area contributed by atoms with Gasteiger partial charge in [-0.05, 0) is 11.1 Å². The number of carbonyl (C=O) groups is 2. The first-order chi connectivity index (χ1) is 8.72. The fourth-order valence-electron chi connectivity index (χ4n) is 1.90. The Morgan fingerprint density at radius 1 is 1.50 bits per heavy atom. The zero-order valence-corrected chi connectivity index (χ0v) is 10.1. The van der Waals surface area contributed by atoms with Crippen LogP contribution >= 0.6 is 0 Å². The molecule has 1 heterocycles. The van der Waals surface area contributed by atoms with E-state index in [1.54, 1.807) is 12.2 Å². The molecule has 0 N–H and O–H groups in total. The number of ether oxygens (including phenoxy) is 2. The molecule has 0 saturated heterocycles. The van der Waals surface area contributed by atoms with Gasteiger partial charge in [0, 0.05) is 0 Å². The fraction of sp³-hybridized carbons (Fsp3) is 0.286. The summed E-state index contributed by atoms with van der Waals surface area (Å²) in [5.41, 5.74) is 1.94. The molecule has 4 heteroatoms. The van der Waals surface area contributed by atoms with E-state index in [0.29, 0.717) is 6.61 Å². The molecule has 1 unspecified atom stereocenters. The lowest BCUT2D eigenvalue weighted by atomic mass is 9.92. The van der Waals surface area contributed by atoms with Gasteiger partial charge in [0.15, 0.2) is 0 Å². The number of cyclic esters (lactones) is 1. The van der Waals surface area contributed by atoms with Crippen LogP contribution in [0.15, 0.2) is 36.4 Å². The monoisotopic (exact) mass is 246 g/mol. The third-order valence-electron chi connectivity index (χ3n) is 2.85. The maximum absolute atomic E-state index is 11.7. The average molecular weight is 246 g/mol. The lowest BCUT2D eigenvalue weighted by Gasteiger charge is -2.22. The van der Waals surface area contributed by atoms with Crippen molar-refractivity contribution in [2.45, 2.75) is 18.9 Å². The molecule has 1 aromatic rings. The molecule has 0 aromatic heterocycles. The Balaban J connectivity index is 2.17. The Morgan fingerprint density at radius 3 is 3.06 bits per heavy atom. The molecule has 94 valence electrons. The third kappa shape index (κ3) is 2.59. The maximum atomic E-state index is 11.7. The van der Waals surface area contributed by atoms with Gasteiger partial charge in [0.25, 0.3) is 0 Å². The van der Waals surface area contributed by atoms with Crippen LogP contribution in [-0.2, 0) is 25.7 Å². The summed E-state index contributed by atoms with van der Waals surface area (Å²) in [6.45, 7) is 0.316. The Morgan fingerprint density at radius 2 is 2.28 bits per heavy atom. The van der Waals surface area contributed by atoms with Crippen LogP contribution in [0.5, 0.6) is 0 Å². The second-order valence-electron chi connectivity index (χ2n) is 3.99. The summed E-state index contributed by atoms with van der Waals surface area (Å²) in [6.07, 6.45) is 3.49. The van der Waals surface area contributed by atoms with Crippen LogP contribution in [0.3, 0.4) is 0 Å². The highest BCUT2D eigenvalue weighted by Gasteiger charge is 2.26. The normalized spacial score (nSPS) is 18.3. The SMILES string of the molecule is COC(=O)C/C=C/C1C(=O)OCc2ccccc21. The first kappa shape index (κ1) is 12.4. The molecular formula is C14H14O4. The van der Waals surface area contributed by atoms with E-state index in [9.17, 15) is 9.59 Å². The van der Waals surface area contributed by atoms with Crippen molar-refractivity contribution in [3.8, 4) is 0 Å². The predicted molar refractivity (Wildman–Crippen MR) is 64.8 cm³/mol. The number of hydrogen-bond acceptors (Lipinski definition) is 4. The molecule has 1 aliphatic rings. The Bertz CT molecular complexity index is 490. The number of hydrogen-bond donors (Lipinski definition) is 0. The van der Waals surface area contributed by atoms with Gasteiger partial charge in [-0.2, -0.15) is 0 Å². The van der Waals surface area contributed by atoms with E-state index in [1.165, 1.54) is 7.11 Å². The first-order valence-electron chi connectivity index (χ1n) is 5.70. The van der Waals surface area contributed by atoms with Gasteiger partial charge in [0.2, 0.25) is 0 Å². The van der Waals surface area contributed by atoms with E-state index < -0.39 is 5.92 Å². The fourth-order valence-corrected chi connectivity index (χ4v) is 1.90. The van der Waals surface area contributed by atoms with Crippen molar-refractivity contribution in [3.63, 3.8) is 0 Å². The number of carbonyl (C=O) groups excluding carboxylic acids is 2. The number of esters is 2. The number of rotatable bonds is 3. The molecular weight excluding hydrogens is 232 g/mol. The Kier molecular flexibility index (Phi) is 3.77. The lowest BCUT2D eigenvalue weighted by molar-refractivity contribution is -0.147. The van der Waals surface area contributed by atoms with E-state index in [2.05, 4.69) is 4.74 Å². The van der Waals surface area contributed by atoms with Gasteiger partial charge in [-0.1, -0.05) is 36.4 Å². The smallest absolute Gasteiger partial charge is 0.317 e. The van der Waals surface area contributed by atoms with E-state index in [1.807, 2.05) is 24.3 Å². The molecule has 2 rings (SSSR count). The highest BCUT2D eigenvalue weighted by atomic mass is 16.5. The lowest BCUT2D eigenvalue weighted by Crippen LogP contribution is -2.21. The topological polar surface area (TPSA) is 52.6 Å². The molecule has 1 aliphatic heterocycles. The van der Waals surface area contributed by atoms with Crippen LogP contribution in [0.4, 0.5) is 0 Å². The summed E-state index contributed by atoms with van der Waals surface area (Å²) in [5, 5.41) is 0. The van der Waals surface area contributed by atoms with E-state index >= 15 is 0 Å². The molecule has 18 heavy (non-hydrogen) atoms. The largest absolute Gasteiger partial charge is 0.469 e. The molecule has 0 spiro atoms. The van der Waals surface area contributed by atoms with Crippen molar-refractivity contribution >= 4 is 11.9 Å². The summed E-state index contributed by atoms with van der Waals surface area (Å²) in [5.74, 6) is -1.04. The van der Waals surface area contributed by atoms with Crippen LogP contribution in [0.1, 0.15) is 23.5 Å². The van der Waals surface area contributed by atoms with E-state index in [0.717, 1.165) is 11.1 Å². The molecule has 1 aromatic carbocycles. The molecule has 1 atom stereocenters. The van der Waals surface area contributed by atoms with Crippen molar-refractivity contribution in [1.29, 1.82) is 0 Å². The molecule has 0 saturated carbocycles. The highest BCUT2D eigenvalue weighted by molar-refractivity contribution is 5.82. The summed E-state index contributed by atoms with van der Waals surface area (Å²) < 4.78 is 9.62. The van der Waals surface area contributed by atoms with Crippen LogP contribution in [-0.4, -0.2) is 19.0 Å². The maximum Gasteiger partial charge on any atom is 0.317 e. The van der Waals surface area contributed by atoms with Crippen molar-refractivity contribution in [2.75, 3.05) is 7.11 Å². The van der Waals surface area contributed by atoms with Gasteiger partial charge in [-0.25, -0.2) is 0 Å². The van der Waals surface area contributed by atoms with Crippen molar-refractivity contribution in [2.24, 2.45) is 0 Å². The molecule has 0 amide bonds. The van der Waals surface area contributed by atoms with Gasteiger partial charge >= 0.3 is 11.9 Å². The minimum atomic E-state index is -0.431. The van der Waals surface area contributed by atoms with Crippen molar-refractivity contribution < 1.29 is 19.1 Å². The molecule has 0 fully saturated rings. The van der Waals surface area contributed by atoms with Crippen LogP contribution in [0.2, 0.25) is 0 Å². The Labute approximate surface area is 105 Å². The molecule has 0 bridgehead atoms. The molecule has 4 nitrogen and oxygen atoms in total. The predicted octanol–water partition coefficient (Wildman–Crippen LogP) is 1.95. The zero-order chi connectivity index (χ0) is 13.0. The van der Waals surface area contributed by atoms with E-state index in [4.69, 9.17) is 4.74 Å². The minimum Gasteiger partial charge on any atom is -0.469 e. The summed E-state index contributed by atoms with van der Waals surface area (Å²) in [4.78, 5) is 22.7.